The molecule has 2 saturated carbocycles. The van der Waals surface area contributed by atoms with E-state index in [9.17, 15) is 29.4 Å². The zero-order valence-electron chi connectivity index (χ0n) is 32.9. The number of allylic oxidation sites excluding steroid dienone is 5. The lowest BCUT2D eigenvalue weighted by atomic mass is 9.38. The Labute approximate surface area is 326 Å². The molecule has 1 aromatic heterocycles. The van der Waals surface area contributed by atoms with Crippen LogP contribution in [0.1, 0.15) is 81.8 Å². The van der Waals surface area contributed by atoms with Gasteiger partial charge in [-0.2, -0.15) is 0 Å². The molecule has 294 valence electrons. The summed E-state index contributed by atoms with van der Waals surface area (Å²) in [6.07, 6.45) is 10.3. The number of ketones is 3. The summed E-state index contributed by atoms with van der Waals surface area (Å²) in [6.45, 7) is 10.8. The number of aromatic hydroxyl groups is 1. The largest absolute Gasteiger partial charge is 0.507 e. The van der Waals surface area contributed by atoms with Crippen molar-refractivity contribution in [2.75, 3.05) is 14.2 Å². The fourth-order valence-corrected chi connectivity index (χ4v) is 11.1. The molecule has 1 aliphatic heterocycles. The number of rotatable bonds is 7. The van der Waals surface area contributed by atoms with Crippen LogP contribution in [0.4, 0.5) is 0 Å². The third-order valence-corrected chi connectivity index (χ3v) is 13.4. The van der Waals surface area contributed by atoms with E-state index in [-0.39, 0.29) is 46.4 Å². The predicted molar refractivity (Wildman–Crippen MR) is 205 cm³/mol. The van der Waals surface area contributed by atoms with Crippen LogP contribution in [0.3, 0.4) is 0 Å². The molecular formula is C45H48O11. The van der Waals surface area contributed by atoms with Crippen LogP contribution in [0.25, 0.3) is 6.08 Å². The van der Waals surface area contributed by atoms with Gasteiger partial charge in [0.05, 0.1) is 43.7 Å². The summed E-state index contributed by atoms with van der Waals surface area (Å²) >= 11 is 0. The van der Waals surface area contributed by atoms with Crippen molar-refractivity contribution in [1.82, 2.24) is 0 Å². The number of aliphatic hydroxyl groups excluding tert-OH is 1. The third kappa shape index (κ3) is 5.41. The molecule has 0 amide bonds. The maximum Gasteiger partial charge on any atom is 0.302 e. The van der Waals surface area contributed by atoms with Crippen molar-refractivity contribution in [3.63, 3.8) is 0 Å². The van der Waals surface area contributed by atoms with Crippen molar-refractivity contribution in [2.45, 2.75) is 78.1 Å². The summed E-state index contributed by atoms with van der Waals surface area (Å²) in [4.78, 5) is 51.9. The second-order valence-electron chi connectivity index (χ2n) is 16.6. The van der Waals surface area contributed by atoms with Gasteiger partial charge in [-0.15, -0.1) is 0 Å². The molecule has 2 aromatic carbocycles. The van der Waals surface area contributed by atoms with Gasteiger partial charge in [-0.25, -0.2) is 0 Å². The number of Topliss-reactive ketones (excluding diaryl/α,β-unsaturated/α-hetero) is 1. The van der Waals surface area contributed by atoms with E-state index in [2.05, 4.69) is 6.92 Å². The van der Waals surface area contributed by atoms with Crippen LogP contribution in [0.5, 0.6) is 17.2 Å². The molecule has 8 unspecified atom stereocenters. The highest BCUT2D eigenvalue weighted by Gasteiger charge is 2.89. The lowest BCUT2D eigenvalue weighted by Crippen LogP contribution is -2.70. The molecule has 8 atom stereocenters. The number of phenolic OH excluding ortho intramolecular Hbond substituents is 1. The van der Waals surface area contributed by atoms with E-state index in [0.717, 1.165) is 11.1 Å². The van der Waals surface area contributed by atoms with Crippen molar-refractivity contribution in [3.05, 3.63) is 107 Å². The second kappa shape index (κ2) is 13.4. The van der Waals surface area contributed by atoms with Crippen LogP contribution in [-0.4, -0.2) is 65.6 Å². The van der Waals surface area contributed by atoms with Crippen LogP contribution in [0.15, 0.2) is 95.0 Å². The Morgan fingerprint density at radius 2 is 1.68 bits per heavy atom. The van der Waals surface area contributed by atoms with E-state index in [4.69, 9.17) is 23.4 Å². The fourth-order valence-electron chi connectivity index (χ4n) is 11.1. The molecule has 11 nitrogen and oxygen atoms in total. The third-order valence-electron chi connectivity index (χ3n) is 13.4. The molecule has 4 aliphatic carbocycles. The molecule has 5 aliphatic rings. The molecule has 1 saturated heterocycles. The zero-order valence-corrected chi connectivity index (χ0v) is 32.9. The van der Waals surface area contributed by atoms with Crippen LogP contribution in [0, 0.1) is 27.6 Å². The average molecular weight is 765 g/mol. The van der Waals surface area contributed by atoms with E-state index in [1.54, 1.807) is 50.7 Å². The number of phenols is 1. The first kappa shape index (κ1) is 38.8. The van der Waals surface area contributed by atoms with Gasteiger partial charge in [0.25, 0.3) is 0 Å². The van der Waals surface area contributed by atoms with E-state index < -0.39 is 51.0 Å². The van der Waals surface area contributed by atoms with Gasteiger partial charge in [0.2, 0.25) is 5.78 Å². The molecule has 0 radical (unpaired) electrons. The number of ether oxygens (including phenoxy) is 4. The van der Waals surface area contributed by atoms with Crippen LogP contribution in [-0.2, 0) is 23.9 Å². The zero-order chi connectivity index (χ0) is 40.6. The summed E-state index contributed by atoms with van der Waals surface area (Å²) < 4.78 is 28.1. The Balaban J connectivity index is 0.000000196. The SMILES string of the molecule is CC(=O)OC1CC2(C)C(c3ccoc3)CC3OC32C2(C)C(=O)C(O)=C3C(C)(C)C(=O)C=CC3(C)C12.COc1cc(O)c(C(=O)C=Cc2ccccc2)c(OC)c1. The van der Waals surface area contributed by atoms with Gasteiger partial charge in [-0.05, 0) is 74.4 Å². The Morgan fingerprint density at radius 1 is 0.964 bits per heavy atom. The summed E-state index contributed by atoms with van der Waals surface area (Å²) in [5, 5.41) is 21.5. The Hall–Kier alpha value is -5.42. The minimum atomic E-state index is -1.17. The standard InChI is InChI=1S/C28H32O7.C17H16O4/c1-14(29)34-17-12-26(5)16(15-8-10-33-13-15)11-19-28(26,35-19)27(6)21(17)25(4)9-7-18(30)24(2,3)22(25)20(31)23(27)32;1-20-13-10-15(19)17(16(11-13)21-2)14(18)9-8-12-6-4-3-5-7-12/h7-10,13,16-17,19,21,31H,11-12H2,1-6H3;3-11,19H,1-2H3. The first-order chi connectivity index (χ1) is 26.4. The highest BCUT2D eigenvalue weighted by Crippen LogP contribution is 2.81. The molecular weight excluding hydrogens is 716 g/mol. The summed E-state index contributed by atoms with van der Waals surface area (Å²) in [5.74, 6) is -1.65. The van der Waals surface area contributed by atoms with Crippen molar-refractivity contribution >= 4 is 29.4 Å². The van der Waals surface area contributed by atoms with Crippen molar-refractivity contribution in [1.29, 1.82) is 0 Å². The van der Waals surface area contributed by atoms with Gasteiger partial charge in [0.15, 0.2) is 17.3 Å². The van der Waals surface area contributed by atoms with Gasteiger partial charge < -0.3 is 33.6 Å². The number of aliphatic hydroxyl groups is 1. The van der Waals surface area contributed by atoms with E-state index in [1.807, 2.05) is 50.2 Å². The number of hydrogen-bond donors (Lipinski definition) is 2. The number of methoxy groups -OCH3 is 2. The highest BCUT2D eigenvalue weighted by atomic mass is 16.6. The quantitative estimate of drug-likeness (QED) is 0.105. The first-order valence-electron chi connectivity index (χ1n) is 18.7. The molecule has 8 rings (SSSR count). The molecule has 0 bridgehead atoms. The number of esters is 1. The first-order valence-corrected chi connectivity index (χ1v) is 18.7. The minimum absolute atomic E-state index is 0.0453. The van der Waals surface area contributed by atoms with Gasteiger partial charge in [-0.3, -0.25) is 19.2 Å². The molecule has 2 heterocycles. The van der Waals surface area contributed by atoms with Gasteiger partial charge >= 0.3 is 5.97 Å². The van der Waals surface area contributed by atoms with Gasteiger partial charge in [0.1, 0.15) is 34.5 Å². The average Bonchev–Trinajstić information content (AvgIpc) is 3.52. The molecule has 56 heavy (non-hydrogen) atoms. The number of benzene rings is 2. The van der Waals surface area contributed by atoms with Crippen LogP contribution >= 0.6 is 0 Å². The maximum atomic E-state index is 14.3. The maximum absolute atomic E-state index is 14.3. The van der Waals surface area contributed by atoms with Gasteiger partial charge in [-0.1, -0.05) is 56.3 Å². The number of fused-ring (bicyclic) bond motifs is 3. The number of furan rings is 1. The highest BCUT2D eigenvalue weighted by molar-refractivity contribution is 6.10. The molecule has 2 N–H and O–H groups in total. The number of hydrogen-bond acceptors (Lipinski definition) is 11. The normalized spacial score (nSPS) is 33.4. The summed E-state index contributed by atoms with van der Waals surface area (Å²) in [7, 11) is 2.91. The smallest absolute Gasteiger partial charge is 0.302 e. The number of carbonyl (C=O) groups excluding carboxylic acids is 4. The fraction of sp³-hybridized carbons (Fsp3) is 0.422. The van der Waals surface area contributed by atoms with Crippen molar-refractivity contribution in [2.24, 2.45) is 27.6 Å². The molecule has 1 spiro atoms. The predicted octanol–water partition coefficient (Wildman–Crippen LogP) is 7.74. The number of carbonyl (C=O) groups is 4. The number of epoxide rings is 1. The summed E-state index contributed by atoms with van der Waals surface area (Å²) in [5.41, 5.74) is -2.04. The Bertz CT molecular complexity index is 2200. The van der Waals surface area contributed by atoms with E-state index in [0.29, 0.717) is 24.2 Å². The molecule has 3 aromatic rings. The topological polar surface area (TPSA) is 162 Å². The van der Waals surface area contributed by atoms with Crippen LogP contribution < -0.4 is 9.47 Å². The van der Waals surface area contributed by atoms with E-state index in [1.165, 1.54) is 33.3 Å². The molecule has 11 heteroatoms. The minimum Gasteiger partial charge on any atom is -0.507 e. The van der Waals surface area contributed by atoms with Crippen LogP contribution in [0.2, 0.25) is 0 Å². The Kier molecular flexibility index (Phi) is 9.27. The van der Waals surface area contributed by atoms with Crippen molar-refractivity contribution < 1.29 is 52.8 Å². The summed E-state index contributed by atoms with van der Waals surface area (Å²) in [6, 6.07) is 14.3. The van der Waals surface area contributed by atoms with Crippen molar-refractivity contribution in [3.8, 4) is 17.2 Å². The monoisotopic (exact) mass is 764 g/mol. The lowest BCUT2D eigenvalue weighted by Gasteiger charge is -2.64. The Morgan fingerprint density at radius 3 is 2.30 bits per heavy atom. The molecule has 3 fully saturated rings. The van der Waals surface area contributed by atoms with E-state index >= 15 is 0 Å². The van der Waals surface area contributed by atoms with Gasteiger partial charge in [0, 0.05) is 35.8 Å². The lowest BCUT2D eigenvalue weighted by molar-refractivity contribution is -0.200. The second-order valence-corrected chi connectivity index (χ2v) is 16.6.